The lowest BCUT2D eigenvalue weighted by atomic mass is 10.3. The molecule has 1 rings (SSSR count). The Balaban J connectivity index is 2.39. The number of anilines is 1. The number of methoxy groups -OCH3 is 1. The molecule has 0 atom stereocenters. The van der Waals surface area contributed by atoms with E-state index >= 15 is 0 Å². The number of amides is 1. The first-order valence-electron chi connectivity index (χ1n) is 5.08. The van der Waals surface area contributed by atoms with E-state index in [1.165, 1.54) is 0 Å². The van der Waals surface area contributed by atoms with Gasteiger partial charge in [-0.25, -0.2) is 0 Å². The predicted molar refractivity (Wildman–Crippen MR) is 69.8 cm³/mol. The van der Waals surface area contributed by atoms with Crippen molar-refractivity contribution in [1.29, 1.82) is 0 Å². The van der Waals surface area contributed by atoms with E-state index in [9.17, 15) is 4.79 Å². The number of rotatable bonds is 6. The Morgan fingerprint density at radius 1 is 1.41 bits per heavy atom. The zero-order valence-corrected chi connectivity index (χ0v) is 10.9. The fraction of sp³-hybridized carbons (Fsp3) is 0.364. The molecule has 0 saturated carbocycles. The first-order valence-corrected chi connectivity index (χ1v) is 5.83. The molecular weight excluding hydrogens is 263 g/mol. The third-order valence-electron chi connectivity index (χ3n) is 2.00. The standard InChI is InChI=1S/C11H14Cl2N2O2/c1-17-5-4-14-11(16)7-15-10-6-8(12)2-3-9(10)13/h2-3,6,15H,4-5,7H2,1H3,(H,14,16). The van der Waals surface area contributed by atoms with Crippen LogP contribution in [0.1, 0.15) is 0 Å². The summed E-state index contributed by atoms with van der Waals surface area (Å²) in [5, 5.41) is 6.69. The number of halogens is 2. The first-order chi connectivity index (χ1) is 8.13. The van der Waals surface area contributed by atoms with Crippen LogP contribution in [0.2, 0.25) is 10.0 Å². The van der Waals surface area contributed by atoms with Gasteiger partial charge in [0.05, 0.1) is 23.9 Å². The smallest absolute Gasteiger partial charge is 0.239 e. The van der Waals surface area contributed by atoms with Gasteiger partial charge < -0.3 is 15.4 Å². The van der Waals surface area contributed by atoms with Crippen molar-refractivity contribution in [3.63, 3.8) is 0 Å². The molecule has 0 aliphatic rings. The van der Waals surface area contributed by atoms with Gasteiger partial charge in [0.2, 0.25) is 5.91 Å². The summed E-state index contributed by atoms with van der Waals surface area (Å²) in [4.78, 5) is 11.4. The molecule has 17 heavy (non-hydrogen) atoms. The highest BCUT2D eigenvalue weighted by Gasteiger charge is 2.04. The number of nitrogens with one attached hydrogen (secondary N) is 2. The maximum atomic E-state index is 11.4. The Bertz CT molecular complexity index is 386. The third kappa shape index (κ3) is 5.26. The van der Waals surface area contributed by atoms with Gasteiger partial charge in [-0.1, -0.05) is 23.2 Å². The molecule has 0 aromatic heterocycles. The lowest BCUT2D eigenvalue weighted by Crippen LogP contribution is -2.32. The van der Waals surface area contributed by atoms with E-state index in [4.69, 9.17) is 27.9 Å². The maximum Gasteiger partial charge on any atom is 0.239 e. The molecule has 4 nitrogen and oxygen atoms in total. The van der Waals surface area contributed by atoms with Crippen molar-refractivity contribution in [2.75, 3.05) is 32.1 Å². The molecule has 1 aromatic rings. The van der Waals surface area contributed by atoms with Crippen LogP contribution >= 0.6 is 23.2 Å². The molecule has 0 heterocycles. The minimum atomic E-state index is -0.127. The minimum Gasteiger partial charge on any atom is -0.383 e. The van der Waals surface area contributed by atoms with Crippen LogP contribution in [0.15, 0.2) is 18.2 Å². The zero-order chi connectivity index (χ0) is 12.7. The van der Waals surface area contributed by atoms with Gasteiger partial charge in [-0.3, -0.25) is 4.79 Å². The second-order valence-corrected chi connectivity index (χ2v) is 4.16. The van der Waals surface area contributed by atoms with Gasteiger partial charge in [-0.2, -0.15) is 0 Å². The van der Waals surface area contributed by atoms with Crippen LogP contribution < -0.4 is 10.6 Å². The number of carbonyl (C=O) groups is 1. The summed E-state index contributed by atoms with van der Waals surface area (Å²) >= 11 is 11.8. The molecule has 0 aliphatic carbocycles. The number of hydrogen-bond donors (Lipinski definition) is 2. The van der Waals surface area contributed by atoms with E-state index in [0.29, 0.717) is 28.9 Å². The molecule has 0 bridgehead atoms. The largest absolute Gasteiger partial charge is 0.383 e. The summed E-state index contributed by atoms with van der Waals surface area (Å²) in [7, 11) is 1.58. The zero-order valence-electron chi connectivity index (χ0n) is 9.43. The molecule has 0 fully saturated rings. The SMILES string of the molecule is COCCNC(=O)CNc1cc(Cl)ccc1Cl. The number of benzene rings is 1. The van der Waals surface area contributed by atoms with E-state index in [-0.39, 0.29) is 12.5 Å². The van der Waals surface area contributed by atoms with Gasteiger partial charge in [0.15, 0.2) is 0 Å². The van der Waals surface area contributed by atoms with E-state index < -0.39 is 0 Å². The average molecular weight is 277 g/mol. The van der Waals surface area contributed by atoms with E-state index in [1.807, 2.05) is 0 Å². The second-order valence-electron chi connectivity index (χ2n) is 3.32. The van der Waals surface area contributed by atoms with Crippen molar-refractivity contribution in [3.05, 3.63) is 28.2 Å². The Morgan fingerprint density at radius 3 is 2.88 bits per heavy atom. The summed E-state index contributed by atoms with van der Waals surface area (Å²) in [5.41, 5.74) is 0.640. The third-order valence-corrected chi connectivity index (χ3v) is 2.56. The van der Waals surface area contributed by atoms with E-state index in [0.717, 1.165) is 0 Å². The topological polar surface area (TPSA) is 50.4 Å². The summed E-state index contributed by atoms with van der Waals surface area (Å²) in [6.07, 6.45) is 0. The minimum absolute atomic E-state index is 0.127. The highest BCUT2D eigenvalue weighted by molar-refractivity contribution is 6.35. The number of ether oxygens (including phenoxy) is 1. The first kappa shape index (κ1) is 14.1. The van der Waals surface area contributed by atoms with Crippen molar-refractivity contribution >= 4 is 34.8 Å². The highest BCUT2D eigenvalue weighted by Crippen LogP contribution is 2.24. The Labute approximate surface area is 110 Å². The molecule has 94 valence electrons. The predicted octanol–water partition coefficient (Wildman–Crippen LogP) is 2.17. The van der Waals surface area contributed by atoms with Crippen LogP contribution in [0.4, 0.5) is 5.69 Å². The second kappa shape index (κ2) is 7.37. The fourth-order valence-electron chi connectivity index (χ4n) is 1.16. The van der Waals surface area contributed by atoms with Gasteiger partial charge in [0.1, 0.15) is 0 Å². The number of hydrogen-bond acceptors (Lipinski definition) is 3. The molecule has 0 radical (unpaired) electrons. The Kier molecular flexibility index (Phi) is 6.11. The molecule has 1 amide bonds. The average Bonchev–Trinajstić information content (AvgIpc) is 2.31. The normalized spacial score (nSPS) is 10.1. The molecule has 6 heteroatoms. The van der Waals surface area contributed by atoms with E-state index in [2.05, 4.69) is 10.6 Å². The van der Waals surface area contributed by atoms with Gasteiger partial charge >= 0.3 is 0 Å². The Morgan fingerprint density at radius 2 is 2.18 bits per heavy atom. The van der Waals surface area contributed by atoms with Crippen LogP contribution in [0.25, 0.3) is 0 Å². The van der Waals surface area contributed by atoms with Crippen molar-refractivity contribution in [2.45, 2.75) is 0 Å². The fourth-order valence-corrected chi connectivity index (χ4v) is 1.52. The van der Waals surface area contributed by atoms with Crippen LogP contribution in [0, 0.1) is 0 Å². The molecule has 1 aromatic carbocycles. The van der Waals surface area contributed by atoms with E-state index in [1.54, 1.807) is 25.3 Å². The number of carbonyl (C=O) groups excluding carboxylic acids is 1. The lowest BCUT2D eigenvalue weighted by Gasteiger charge is -2.09. The molecule has 0 aliphatic heterocycles. The molecule has 0 spiro atoms. The van der Waals surface area contributed by atoms with Crippen LogP contribution in [-0.4, -0.2) is 32.7 Å². The summed E-state index contributed by atoms with van der Waals surface area (Å²) in [5.74, 6) is -0.127. The van der Waals surface area contributed by atoms with Crippen LogP contribution in [0.5, 0.6) is 0 Å². The molecular formula is C11H14Cl2N2O2. The van der Waals surface area contributed by atoms with Gasteiger partial charge in [-0.05, 0) is 18.2 Å². The van der Waals surface area contributed by atoms with Crippen molar-refractivity contribution in [3.8, 4) is 0 Å². The maximum absolute atomic E-state index is 11.4. The highest BCUT2D eigenvalue weighted by atomic mass is 35.5. The van der Waals surface area contributed by atoms with Crippen LogP contribution in [0.3, 0.4) is 0 Å². The lowest BCUT2D eigenvalue weighted by molar-refractivity contribution is -0.119. The van der Waals surface area contributed by atoms with Gasteiger partial charge in [0, 0.05) is 18.7 Å². The summed E-state index contributed by atoms with van der Waals surface area (Å²) in [6, 6.07) is 5.04. The van der Waals surface area contributed by atoms with Crippen molar-refractivity contribution < 1.29 is 9.53 Å². The molecule has 2 N–H and O–H groups in total. The quantitative estimate of drug-likeness (QED) is 0.783. The molecule has 0 unspecified atom stereocenters. The van der Waals surface area contributed by atoms with Gasteiger partial charge in [0.25, 0.3) is 0 Å². The molecule has 0 saturated heterocycles. The van der Waals surface area contributed by atoms with Crippen molar-refractivity contribution in [2.24, 2.45) is 0 Å². The van der Waals surface area contributed by atoms with Crippen LogP contribution in [-0.2, 0) is 9.53 Å². The Hall–Kier alpha value is -0.970. The summed E-state index contributed by atoms with van der Waals surface area (Å²) in [6.45, 7) is 1.12. The monoisotopic (exact) mass is 276 g/mol. The van der Waals surface area contributed by atoms with Crippen molar-refractivity contribution in [1.82, 2.24) is 5.32 Å². The van der Waals surface area contributed by atoms with Gasteiger partial charge in [-0.15, -0.1) is 0 Å². The summed E-state index contributed by atoms with van der Waals surface area (Å²) < 4.78 is 4.82.